The SMILES string of the molecule is O=C(NCc1nc2ccccc2n1C1CC1)C1(O)CC1. The van der Waals surface area contributed by atoms with E-state index in [0.717, 1.165) is 16.9 Å². The molecule has 20 heavy (non-hydrogen) atoms. The molecule has 0 atom stereocenters. The van der Waals surface area contributed by atoms with E-state index in [1.165, 1.54) is 12.8 Å². The minimum atomic E-state index is -1.11. The van der Waals surface area contributed by atoms with Crippen molar-refractivity contribution >= 4 is 16.9 Å². The van der Waals surface area contributed by atoms with Gasteiger partial charge >= 0.3 is 0 Å². The fourth-order valence-electron chi connectivity index (χ4n) is 2.63. The second-order valence-electron chi connectivity index (χ2n) is 5.83. The van der Waals surface area contributed by atoms with Crippen LogP contribution in [0.25, 0.3) is 11.0 Å². The first-order valence-electron chi connectivity index (χ1n) is 7.14. The van der Waals surface area contributed by atoms with E-state index in [4.69, 9.17) is 0 Å². The molecule has 0 spiro atoms. The number of hydrogen-bond acceptors (Lipinski definition) is 3. The fraction of sp³-hybridized carbons (Fsp3) is 0.467. The summed E-state index contributed by atoms with van der Waals surface area (Å²) in [7, 11) is 0. The van der Waals surface area contributed by atoms with E-state index in [1.807, 2.05) is 18.2 Å². The summed E-state index contributed by atoms with van der Waals surface area (Å²) in [5, 5.41) is 12.6. The molecule has 2 aromatic rings. The maximum Gasteiger partial charge on any atom is 0.252 e. The largest absolute Gasteiger partial charge is 0.380 e. The maximum absolute atomic E-state index is 11.8. The highest BCUT2D eigenvalue weighted by Gasteiger charge is 2.48. The summed E-state index contributed by atoms with van der Waals surface area (Å²) in [6.45, 7) is 0.381. The van der Waals surface area contributed by atoms with Crippen molar-refractivity contribution < 1.29 is 9.90 Å². The third-order valence-electron chi connectivity index (χ3n) is 4.13. The highest BCUT2D eigenvalue weighted by atomic mass is 16.3. The zero-order chi connectivity index (χ0) is 13.7. The number of rotatable bonds is 4. The number of benzene rings is 1. The number of para-hydroxylation sites is 2. The highest BCUT2D eigenvalue weighted by Crippen LogP contribution is 2.39. The second kappa shape index (κ2) is 4.06. The van der Waals surface area contributed by atoms with E-state index in [9.17, 15) is 9.90 Å². The zero-order valence-electron chi connectivity index (χ0n) is 11.2. The number of carbonyl (C=O) groups is 1. The summed E-state index contributed by atoms with van der Waals surface area (Å²) in [6.07, 6.45) is 3.48. The van der Waals surface area contributed by atoms with Crippen LogP contribution in [0.15, 0.2) is 24.3 Å². The quantitative estimate of drug-likeness (QED) is 0.885. The molecule has 4 rings (SSSR count). The number of aliphatic hydroxyl groups is 1. The van der Waals surface area contributed by atoms with Gasteiger partial charge in [-0.1, -0.05) is 12.1 Å². The maximum atomic E-state index is 11.8. The third-order valence-corrected chi connectivity index (χ3v) is 4.13. The van der Waals surface area contributed by atoms with Crippen LogP contribution in [0.1, 0.15) is 37.5 Å². The Labute approximate surface area is 116 Å². The standard InChI is InChI=1S/C15H17N3O2/c19-14(15(20)7-8-15)16-9-13-17-11-3-1-2-4-12(11)18(13)10-5-6-10/h1-4,10,20H,5-9H2,(H,16,19). The summed E-state index contributed by atoms with van der Waals surface area (Å²) in [5.41, 5.74) is 0.981. The molecule has 5 heteroatoms. The number of nitrogens with one attached hydrogen (secondary N) is 1. The van der Waals surface area contributed by atoms with Gasteiger partial charge in [-0.3, -0.25) is 4.79 Å². The predicted octanol–water partition coefficient (Wildman–Crippen LogP) is 1.51. The molecule has 2 aliphatic carbocycles. The fourth-order valence-corrected chi connectivity index (χ4v) is 2.63. The number of fused-ring (bicyclic) bond motifs is 1. The van der Waals surface area contributed by atoms with Gasteiger partial charge in [0, 0.05) is 6.04 Å². The lowest BCUT2D eigenvalue weighted by molar-refractivity contribution is -0.131. The van der Waals surface area contributed by atoms with Crippen molar-refractivity contribution in [2.24, 2.45) is 0 Å². The number of amides is 1. The molecular weight excluding hydrogens is 254 g/mol. The summed E-state index contributed by atoms with van der Waals surface area (Å²) in [6, 6.07) is 8.56. The van der Waals surface area contributed by atoms with Crippen LogP contribution in [0.5, 0.6) is 0 Å². The van der Waals surface area contributed by atoms with Gasteiger partial charge in [-0.2, -0.15) is 0 Å². The molecule has 0 saturated heterocycles. The van der Waals surface area contributed by atoms with Gasteiger partial charge in [0.25, 0.3) is 5.91 Å². The van der Waals surface area contributed by atoms with Crippen LogP contribution in [0.3, 0.4) is 0 Å². The molecule has 1 aromatic carbocycles. The number of carbonyl (C=O) groups excluding carboxylic acids is 1. The molecule has 0 bridgehead atoms. The normalized spacial score (nSPS) is 20.1. The van der Waals surface area contributed by atoms with Gasteiger partial charge in [0.05, 0.1) is 17.6 Å². The second-order valence-corrected chi connectivity index (χ2v) is 5.83. The van der Waals surface area contributed by atoms with Gasteiger partial charge in [0.15, 0.2) is 0 Å². The first-order valence-corrected chi connectivity index (χ1v) is 7.14. The van der Waals surface area contributed by atoms with Crippen LogP contribution in [0, 0.1) is 0 Å². The van der Waals surface area contributed by atoms with E-state index < -0.39 is 5.60 Å². The van der Waals surface area contributed by atoms with E-state index in [0.29, 0.717) is 25.4 Å². The van der Waals surface area contributed by atoms with Crippen molar-refractivity contribution in [2.75, 3.05) is 0 Å². The lowest BCUT2D eigenvalue weighted by Gasteiger charge is -2.11. The minimum absolute atomic E-state index is 0.271. The Bertz CT molecular complexity index is 683. The van der Waals surface area contributed by atoms with E-state index in [2.05, 4.69) is 20.9 Å². The molecule has 2 saturated carbocycles. The lowest BCUT2D eigenvalue weighted by atomic mass is 10.3. The Morgan fingerprint density at radius 1 is 1.40 bits per heavy atom. The van der Waals surface area contributed by atoms with Crippen LogP contribution >= 0.6 is 0 Å². The van der Waals surface area contributed by atoms with E-state index in [1.54, 1.807) is 0 Å². The smallest absolute Gasteiger partial charge is 0.252 e. The van der Waals surface area contributed by atoms with Crippen molar-refractivity contribution in [3.05, 3.63) is 30.1 Å². The molecule has 0 radical (unpaired) electrons. The van der Waals surface area contributed by atoms with Gasteiger partial charge in [0.2, 0.25) is 0 Å². The molecule has 0 unspecified atom stereocenters. The first-order chi connectivity index (χ1) is 9.67. The van der Waals surface area contributed by atoms with Crippen LogP contribution in [-0.2, 0) is 11.3 Å². The molecule has 104 valence electrons. The number of hydrogen-bond donors (Lipinski definition) is 2. The zero-order valence-corrected chi connectivity index (χ0v) is 11.2. The molecule has 5 nitrogen and oxygen atoms in total. The Morgan fingerprint density at radius 2 is 2.15 bits per heavy atom. The lowest BCUT2D eigenvalue weighted by Crippen LogP contribution is -2.36. The summed E-state index contributed by atoms with van der Waals surface area (Å²) in [5.74, 6) is 0.609. The number of aromatic nitrogens is 2. The summed E-state index contributed by atoms with van der Waals surface area (Å²) < 4.78 is 2.23. The van der Waals surface area contributed by atoms with Crippen LogP contribution in [-0.4, -0.2) is 26.2 Å². The van der Waals surface area contributed by atoms with Gasteiger partial charge < -0.3 is 15.0 Å². The highest BCUT2D eigenvalue weighted by molar-refractivity contribution is 5.87. The molecule has 0 aliphatic heterocycles. The van der Waals surface area contributed by atoms with Gasteiger partial charge in [-0.25, -0.2) is 4.98 Å². The molecule has 1 aromatic heterocycles. The Balaban J connectivity index is 1.62. The van der Waals surface area contributed by atoms with Gasteiger partial charge in [-0.05, 0) is 37.8 Å². The Hall–Kier alpha value is -1.88. The molecular formula is C15H17N3O2. The van der Waals surface area contributed by atoms with Gasteiger partial charge in [0.1, 0.15) is 11.4 Å². The number of nitrogens with zero attached hydrogens (tertiary/aromatic N) is 2. The third kappa shape index (κ3) is 1.89. The average molecular weight is 271 g/mol. The van der Waals surface area contributed by atoms with Crippen molar-refractivity contribution in [1.29, 1.82) is 0 Å². The predicted molar refractivity (Wildman–Crippen MR) is 74.0 cm³/mol. The summed E-state index contributed by atoms with van der Waals surface area (Å²) in [4.78, 5) is 16.4. The topological polar surface area (TPSA) is 67.2 Å². The van der Waals surface area contributed by atoms with Crippen molar-refractivity contribution in [1.82, 2.24) is 14.9 Å². The average Bonchev–Trinajstić information content (AvgIpc) is 3.37. The van der Waals surface area contributed by atoms with Crippen molar-refractivity contribution in [3.8, 4) is 0 Å². The minimum Gasteiger partial charge on any atom is -0.380 e. The monoisotopic (exact) mass is 271 g/mol. The first kappa shape index (κ1) is 11.9. The molecule has 2 aliphatic rings. The molecule has 1 amide bonds. The molecule has 2 N–H and O–H groups in total. The molecule has 1 heterocycles. The molecule has 2 fully saturated rings. The Kier molecular flexibility index (Phi) is 2.41. The van der Waals surface area contributed by atoms with Crippen molar-refractivity contribution in [3.63, 3.8) is 0 Å². The van der Waals surface area contributed by atoms with E-state index in [-0.39, 0.29) is 5.91 Å². The van der Waals surface area contributed by atoms with E-state index >= 15 is 0 Å². The summed E-state index contributed by atoms with van der Waals surface area (Å²) >= 11 is 0. The van der Waals surface area contributed by atoms with Crippen LogP contribution in [0.2, 0.25) is 0 Å². The van der Waals surface area contributed by atoms with Gasteiger partial charge in [-0.15, -0.1) is 0 Å². The van der Waals surface area contributed by atoms with Crippen molar-refractivity contribution in [2.45, 2.75) is 43.9 Å². The van der Waals surface area contributed by atoms with Crippen LogP contribution < -0.4 is 5.32 Å². The van der Waals surface area contributed by atoms with Crippen LogP contribution in [0.4, 0.5) is 0 Å². The number of imidazole rings is 1. The Morgan fingerprint density at radius 3 is 2.85 bits per heavy atom.